The van der Waals surface area contributed by atoms with Gasteiger partial charge in [-0.15, -0.1) is 0 Å². The average Bonchev–Trinajstić information content (AvgIpc) is 2.83. The lowest BCUT2D eigenvalue weighted by molar-refractivity contribution is -0.253. The van der Waals surface area contributed by atoms with Crippen molar-refractivity contribution in [1.82, 2.24) is 10.6 Å². The van der Waals surface area contributed by atoms with E-state index in [0.29, 0.717) is 11.6 Å². The van der Waals surface area contributed by atoms with Crippen molar-refractivity contribution in [3.05, 3.63) is 99.5 Å². The van der Waals surface area contributed by atoms with Gasteiger partial charge in [0.15, 0.2) is 0 Å². The highest BCUT2D eigenvalue weighted by Crippen LogP contribution is 2.39. The average molecular weight is 629 g/mol. The minimum Gasteiger partial charge on any atom is -0.428 e. The quantitative estimate of drug-likeness (QED) is 0.244. The Labute approximate surface area is 224 Å². The van der Waals surface area contributed by atoms with Gasteiger partial charge in [-0.3, -0.25) is 0 Å². The molecule has 0 aromatic heterocycles. The van der Waals surface area contributed by atoms with E-state index in [9.17, 15) is 44.3 Å². The Kier molecular flexibility index (Phi) is 9.08. The number of hydrogen-bond donors (Lipinski definition) is 2. The van der Waals surface area contributed by atoms with Crippen LogP contribution < -0.4 is 15.4 Å². The van der Waals surface area contributed by atoms with E-state index < -0.39 is 54.2 Å². The molecule has 3 aromatic rings. The van der Waals surface area contributed by atoms with E-state index in [1.54, 1.807) is 35.6 Å². The number of carbonyl (C=O) groups is 1. The normalized spacial score (nSPS) is 13.6. The van der Waals surface area contributed by atoms with Gasteiger partial charge in [0.1, 0.15) is 23.9 Å². The van der Waals surface area contributed by atoms with Crippen LogP contribution in [0, 0.1) is 11.6 Å². The first kappa shape index (κ1) is 30.1. The van der Waals surface area contributed by atoms with Crippen molar-refractivity contribution in [2.45, 2.75) is 30.7 Å². The fourth-order valence-corrected chi connectivity index (χ4v) is 4.09. The first-order valence-electron chi connectivity index (χ1n) is 10.9. The van der Waals surface area contributed by atoms with E-state index in [2.05, 4.69) is 26.0 Å². The Balaban J connectivity index is 2.25. The molecule has 0 radical (unpaired) electrons. The molecule has 2 N–H and O–H groups in total. The predicted molar refractivity (Wildman–Crippen MR) is 126 cm³/mol. The molecule has 210 valence electrons. The van der Waals surface area contributed by atoms with Crippen molar-refractivity contribution < 1.29 is 49.0 Å². The monoisotopic (exact) mass is 628 g/mol. The molecule has 2 amide bonds. The van der Waals surface area contributed by atoms with Gasteiger partial charge in [0.2, 0.25) is 0 Å². The molecule has 1 unspecified atom stereocenters. The Morgan fingerprint density at radius 3 is 2.15 bits per heavy atom. The summed E-state index contributed by atoms with van der Waals surface area (Å²) in [6.45, 7) is -1.76. The summed E-state index contributed by atoms with van der Waals surface area (Å²) in [5.74, 6) is -3.09. The van der Waals surface area contributed by atoms with E-state index in [4.69, 9.17) is 0 Å². The standard InChI is InChI=1S/C25H18BrF9N2O2/c26-19-10-15(6-7-20(19)28)23(12-14-4-2-1-3-5-14,37-22(38)36-13-24(31,32)33)16-8-17(27)11-18(9-16)39-25(34,35)21(29)30/h1-11,21H,12-13H2,(H2,36,37,38). The Morgan fingerprint density at radius 1 is 0.897 bits per heavy atom. The Hall–Kier alpha value is -3.42. The summed E-state index contributed by atoms with van der Waals surface area (Å²) >= 11 is 2.97. The van der Waals surface area contributed by atoms with E-state index in [1.165, 1.54) is 0 Å². The molecule has 0 aliphatic rings. The van der Waals surface area contributed by atoms with Crippen molar-refractivity contribution in [3.8, 4) is 5.75 Å². The highest BCUT2D eigenvalue weighted by Gasteiger charge is 2.45. The molecule has 39 heavy (non-hydrogen) atoms. The molecule has 1 atom stereocenters. The first-order chi connectivity index (χ1) is 18.1. The van der Waals surface area contributed by atoms with Crippen LogP contribution in [0.5, 0.6) is 5.75 Å². The minimum atomic E-state index is -5.02. The molecule has 0 saturated heterocycles. The Morgan fingerprint density at radius 2 is 1.56 bits per heavy atom. The summed E-state index contributed by atoms with van der Waals surface area (Å²) in [4.78, 5) is 12.7. The van der Waals surface area contributed by atoms with Crippen LogP contribution in [0.25, 0.3) is 0 Å². The zero-order chi connectivity index (χ0) is 29.0. The summed E-state index contributed by atoms with van der Waals surface area (Å²) in [5.41, 5.74) is -2.06. The van der Waals surface area contributed by atoms with E-state index in [0.717, 1.165) is 30.3 Å². The molecule has 0 spiro atoms. The number of halogens is 10. The number of amides is 2. The van der Waals surface area contributed by atoms with Crippen molar-refractivity contribution in [3.63, 3.8) is 0 Å². The molecule has 14 heteroatoms. The third-order valence-corrected chi connectivity index (χ3v) is 5.98. The van der Waals surface area contributed by atoms with Crippen molar-refractivity contribution >= 4 is 22.0 Å². The van der Waals surface area contributed by atoms with Crippen LogP contribution in [0.1, 0.15) is 16.7 Å². The number of rotatable bonds is 9. The summed E-state index contributed by atoms with van der Waals surface area (Å²) < 4.78 is 124. The summed E-state index contributed by atoms with van der Waals surface area (Å²) in [5, 5.41) is 3.93. The number of nitrogens with one attached hydrogen (secondary N) is 2. The second-order valence-electron chi connectivity index (χ2n) is 8.26. The fourth-order valence-electron chi connectivity index (χ4n) is 3.71. The summed E-state index contributed by atoms with van der Waals surface area (Å²) in [6, 6.07) is 11.5. The first-order valence-corrected chi connectivity index (χ1v) is 11.7. The maximum absolute atomic E-state index is 14.7. The molecule has 0 aliphatic heterocycles. The highest BCUT2D eigenvalue weighted by atomic mass is 79.9. The van der Waals surface area contributed by atoms with Gasteiger partial charge in [0, 0.05) is 12.5 Å². The third-order valence-electron chi connectivity index (χ3n) is 5.37. The second kappa shape index (κ2) is 11.8. The lowest BCUT2D eigenvalue weighted by Crippen LogP contribution is -2.53. The minimum absolute atomic E-state index is 0.0287. The second-order valence-corrected chi connectivity index (χ2v) is 9.11. The van der Waals surface area contributed by atoms with Crippen LogP contribution in [0.2, 0.25) is 0 Å². The Bertz CT molecular complexity index is 1310. The maximum Gasteiger partial charge on any atom is 0.461 e. The third kappa shape index (κ3) is 7.80. The maximum atomic E-state index is 14.7. The number of carbonyl (C=O) groups excluding carboxylic acids is 1. The van der Waals surface area contributed by atoms with Crippen LogP contribution >= 0.6 is 15.9 Å². The number of benzene rings is 3. The zero-order valence-corrected chi connectivity index (χ0v) is 21.0. The van der Waals surface area contributed by atoms with Crippen LogP contribution in [0.4, 0.5) is 44.3 Å². The SMILES string of the molecule is O=C(NCC(F)(F)F)NC(Cc1ccccc1)(c1cc(F)cc(OC(F)(F)C(F)F)c1)c1ccc(F)c(Br)c1. The van der Waals surface area contributed by atoms with Gasteiger partial charge >= 0.3 is 24.7 Å². The van der Waals surface area contributed by atoms with E-state index in [1.807, 2.05) is 0 Å². The molecule has 0 saturated carbocycles. The van der Waals surface area contributed by atoms with Gasteiger partial charge in [0.25, 0.3) is 0 Å². The molecule has 0 heterocycles. The van der Waals surface area contributed by atoms with Gasteiger partial charge in [-0.1, -0.05) is 36.4 Å². The van der Waals surface area contributed by atoms with Crippen LogP contribution in [-0.4, -0.2) is 31.3 Å². The molecule has 3 aromatic carbocycles. The van der Waals surface area contributed by atoms with Gasteiger partial charge in [0.05, 0.1) is 10.0 Å². The van der Waals surface area contributed by atoms with Crippen LogP contribution in [0.15, 0.2) is 71.2 Å². The molecular weight excluding hydrogens is 611 g/mol. The van der Waals surface area contributed by atoms with E-state index in [-0.39, 0.29) is 22.0 Å². The molecule has 0 bridgehead atoms. The smallest absolute Gasteiger partial charge is 0.428 e. The number of alkyl halides is 7. The van der Waals surface area contributed by atoms with E-state index >= 15 is 0 Å². The van der Waals surface area contributed by atoms with Crippen molar-refractivity contribution in [1.29, 1.82) is 0 Å². The van der Waals surface area contributed by atoms with Gasteiger partial charge in [-0.2, -0.15) is 30.7 Å². The van der Waals surface area contributed by atoms with Crippen LogP contribution in [-0.2, 0) is 12.0 Å². The fraction of sp³-hybridized carbons (Fsp3) is 0.240. The lowest BCUT2D eigenvalue weighted by atomic mass is 9.77. The largest absolute Gasteiger partial charge is 0.461 e. The molecule has 3 rings (SSSR count). The van der Waals surface area contributed by atoms with Gasteiger partial charge < -0.3 is 15.4 Å². The number of urea groups is 1. The number of hydrogen-bond acceptors (Lipinski definition) is 2. The van der Waals surface area contributed by atoms with Crippen molar-refractivity contribution in [2.75, 3.05) is 6.54 Å². The molecular formula is C25H18BrF9N2O2. The topological polar surface area (TPSA) is 50.4 Å². The molecule has 0 aliphatic carbocycles. The highest BCUT2D eigenvalue weighted by molar-refractivity contribution is 9.10. The zero-order valence-electron chi connectivity index (χ0n) is 19.4. The van der Waals surface area contributed by atoms with Crippen molar-refractivity contribution in [2.24, 2.45) is 0 Å². The lowest BCUT2D eigenvalue weighted by Gasteiger charge is -2.37. The predicted octanol–water partition coefficient (Wildman–Crippen LogP) is 7.31. The van der Waals surface area contributed by atoms with Gasteiger partial charge in [-0.05, 0) is 56.9 Å². The summed E-state index contributed by atoms with van der Waals surface area (Å²) in [6.07, 6.45) is -14.4. The molecule has 4 nitrogen and oxygen atoms in total. The van der Waals surface area contributed by atoms with Gasteiger partial charge in [-0.25, -0.2) is 13.6 Å². The number of ether oxygens (including phenoxy) is 1. The molecule has 0 fully saturated rings. The summed E-state index contributed by atoms with van der Waals surface area (Å²) in [7, 11) is 0. The van der Waals surface area contributed by atoms with Crippen LogP contribution in [0.3, 0.4) is 0 Å².